The van der Waals surface area contributed by atoms with Crippen molar-refractivity contribution in [3.63, 3.8) is 0 Å². The predicted octanol–water partition coefficient (Wildman–Crippen LogP) is 2.51. The Kier molecular flexibility index (Phi) is 4.18. The summed E-state index contributed by atoms with van der Waals surface area (Å²) < 4.78 is 5.24. The lowest BCUT2D eigenvalue weighted by molar-refractivity contribution is -0.126. The standard InChI is InChI=1S/C15H18N2O2/c1-2-12-5-3-4-6-13(12)17-14(18)15(11-16)7-9-19-10-8-15/h3-6H,2,7-10H2,1H3,(H,17,18). The van der Waals surface area contributed by atoms with Gasteiger partial charge in [-0.25, -0.2) is 0 Å². The SMILES string of the molecule is CCc1ccccc1NC(=O)C1(C#N)CCOCC1. The van der Waals surface area contributed by atoms with Crippen LogP contribution in [-0.2, 0) is 16.0 Å². The van der Waals surface area contributed by atoms with E-state index in [1.165, 1.54) is 0 Å². The number of para-hydroxylation sites is 1. The Morgan fingerprint density at radius 2 is 2.11 bits per heavy atom. The molecule has 19 heavy (non-hydrogen) atoms. The summed E-state index contributed by atoms with van der Waals surface area (Å²) in [6.45, 7) is 2.98. The number of nitrogens with one attached hydrogen (secondary N) is 1. The van der Waals surface area contributed by atoms with Crippen LogP contribution in [0.15, 0.2) is 24.3 Å². The minimum absolute atomic E-state index is 0.209. The molecule has 1 aliphatic heterocycles. The zero-order valence-electron chi connectivity index (χ0n) is 11.1. The highest BCUT2D eigenvalue weighted by Gasteiger charge is 2.40. The van der Waals surface area contributed by atoms with E-state index >= 15 is 0 Å². The van der Waals surface area contributed by atoms with E-state index in [1.54, 1.807) is 0 Å². The van der Waals surface area contributed by atoms with Gasteiger partial charge in [0.25, 0.3) is 0 Å². The van der Waals surface area contributed by atoms with E-state index in [2.05, 4.69) is 11.4 Å². The number of nitrogens with zero attached hydrogens (tertiary/aromatic N) is 1. The highest BCUT2D eigenvalue weighted by Crippen LogP contribution is 2.31. The summed E-state index contributed by atoms with van der Waals surface area (Å²) >= 11 is 0. The maximum absolute atomic E-state index is 12.4. The maximum Gasteiger partial charge on any atom is 0.245 e. The molecule has 0 unspecified atom stereocenters. The molecule has 1 aromatic rings. The molecule has 0 atom stereocenters. The highest BCUT2D eigenvalue weighted by atomic mass is 16.5. The number of aryl methyl sites for hydroxylation is 1. The van der Waals surface area contributed by atoms with Crippen LogP contribution in [0.4, 0.5) is 5.69 Å². The van der Waals surface area contributed by atoms with Crippen molar-refractivity contribution in [2.75, 3.05) is 18.5 Å². The van der Waals surface area contributed by atoms with E-state index in [-0.39, 0.29) is 5.91 Å². The van der Waals surface area contributed by atoms with Gasteiger partial charge in [0, 0.05) is 18.9 Å². The van der Waals surface area contributed by atoms with Crippen molar-refractivity contribution in [3.05, 3.63) is 29.8 Å². The van der Waals surface area contributed by atoms with Crippen LogP contribution in [0.2, 0.25) is 0 Å². The summed E-state index contributed by atoms with van der Waals surface area (Å²) in [5.74, 6) is -0.209. The van der Waals surface area contributed by atoms with Crippen molar-refractivity contribution in [3.8, 4) is 6.07 Å². The summed E-state index contributed by atoms with van der Waals surface area (Å²) in [5, 5.41) is 12.3. The van der Waals surface area contributed by atoms with Gasteiger partial charge < -0.3 is 10.1 Å². The number of nitriles is 1. The number of benzene rings is 1. The third kappa shape index (κ3) is 2.77. The third-order valence-electron chi connectivity index (χ3n) is 3.64. The molecule has 0 aliphatic carbocycles. The van der Waals surface area contributed by atoms with Crippen molar-refractivity contribution in [2.24, 2.45) is 5.41 Å². The fourth-order valence-corrected chi connectivity index (χ4v) is 2.30. The Morgan fingerprint density at radius 1 is 1.42 bits per heavy atom. The number of anilines is 1. The van der Waals surface area contributed by atoms with Crippen LogP contribution in [0.3, 0.4) is 0 Å². The molecule has 4 heteroatoms. The van der Waals surface area contributed by atoms with Gasteiger partial charge in [0.1, 0.15) is 5.41 Å². The van der Waals surface area contributed by atoms with E-state index in [1.807, 2.05) is 31.2 Å². The van der Waals surface area contributed by atoms with Crippen LogP contribution >= 0.6 is 0 Å². The van der Waals surface area contributed by atoms with Crippen molar-refractivity contribution in [2.45, 2.75) is 26.2 Å². The smallest absolute Gasteiger partial charge is 0.245 e. The van der Waals surface area contributed by atoms with Crippen LogP contribution in [0.25, 0.3) is 0 Å². The van der Waals surface area contributed by atoms with Crippen molar-refractivity contribution >= 4 is 11.6 Å². The molecule has 0 spiro atoms. The molecule has 0 saturated carbocycles. The minimum Gasteiger partial charge on any atom is -0.381 e. The van der Waals surface area contributed by atoms with Crippen LogP contribution in [-0.4, -0.2) is 19.1 Å². The second-order valence-electron chi connectivity index (χ2n) is 4.77. The summed E-state index contributed by atoms with van der Waals surface area (Å²) in [6.07, 6.45) is 1.77. The van der Waals surface area contributed by atoms with Crippen molar-refractivity contribution in [1.29, 1.82) is 5.26 Å². The Labute approximate surface area is 113 Å². The number of amides is 1. The molecule has 1 heterocycles. The lowest BCUT2D eigenvalue weighted by Crippen LogP contribution is -2.40. The first-order valence-electron chi connectivity index (χ1n) is 6.60. The van der Waals surface area contributed by atoms with Crippen LogP contribution in [0.1, 0.15) is 25.3 Å². The third-order valence-corrected chi connectivity index (χ3v) is 3.64. The number of hydrogen-bond acceptors (Lipinski definition) is 3. The number of rotatable bonds is 3. The average molecular weight is 258 g/mol. The molecular weight excluding hydrogens is 240 g/mol. The molecule has 0 bridgehead atoms. The Bertz CT molecular complexity index is 499. The zero-order valence-corrected chi connectivity index (χ0v) is 11.1. The van der Waals surface area contributed by atoms with Crippen LogP contribution in [0, 0.1) is 16.7 Å². The number of carbonyl (C=O) groups excluding carboxylic acids is 1. The second kappa shape index (κ2) is 5.85. The normalized spacial score (nSPS) is 17.5. The molecule has 1 N–H and O–H groups in total. The summed E-state index contributed by atoms with van der Waals surface area (Å²) in [4.78, 5) is 12.4. The monoisotopic (exact) mass is 258 g/mol. The van der Waals surface area contributed by atoms with Gasteiger partial charge in [-0.1, -0.05) is 25.1 Å². The first-order valence-corrected chi connectivity index (χ1v) is 6.60. The molecule has 1 aromatic carbocycles. The van der Waals surface area contributed by atoms with Gasteiger partial charge in [-0.3, -0.25) is 4.79 Å². The average Bonchev–Trinajstić information content (AvgIpc) is 2.48. The summed E-state index contributed by atoms with van der Waals surface area (Å²) in [6, 6.07) is 9.88. The molecule has 2 rings (SSSR count). The molecular formula is C15H18N2O2. The lowest BCUT2D eigenvalue weighted by Gasteiger charge is -2.29. The largest absolute Gasteiger partial charge is 0.381 e. The number of ether oxygens (including phenoxy) is 1. The second-order valence-corrected chi connectivity index (χ2v) is 4.77. The molecule has 1 fully saturated rings. The maximum atomic E-state index is 12.4. The molecule has 100 valence electrons. The fourth-order valence-electron chi connectivity index (χ4n) is 2.30. The fraction of sp³-hybridized carbons (Fsp3) is 0.467. The topological polar surface area (TPSA) is 62.1 Å². The molecule has 1 aliphatic rings. The Hall–Kier alpha value is -1.86. The molecule has 4 nitrogen and oxygen atoms in total. The van der Waals surface area contributed by atoms with Gasteiger partial charge in [-0.15, -0.1) is 0 Å². The van der Waals surface area contributed by atoms with E-state index in [0.717, 1.165) is 17.7 Å². The summed E-state index contributed by atoms with van der Waals surface area (Å²) in [5.41, 5.74) is 0.936. The van der Waals surface area contributed by atoms with Crippen LogP contribution < -0.4 is 5.32 Å². The highest BCUT2D eigenvalue weighted by molar-refractivity contribution is 5.97. The first-order chi connectivity index (χ1) is 9.22. The van der Waals surface area contributed by atoms with E-state index in [4.69, 9.17) is 4.74 Å². The van der Waals surface area contributed by atoms with Crippen molar-refractivity contribution < 1.29 is 9.53 Å². The Balaban J connectivity index is 2.18. The van der Waals surface area contributed by atoms with E-state index < -0.39 is 5.41 Å². The van der Waals surface area contributed by atoms with E-state index in [0.29, 0.717) is 26.1 Å². The molecule has 0 radical (unpaired) electrons. The minimum atomic E-state index is -0.945. The Morgan fingerprint density at radius 3 is 2.74 bits per heavy atom. The number of carbonyl (C=O) groups is 1. The van der Waals surface area contributed by atoms with Gasteiger partial charge >= 0.3 is 0 Å². The molecule has 0 aromatic heterocycles. The predicted molar refractivity (Wildman–Crippen MR) is 72.5 cm³/mol. The van der Waals surface area contributed by atoms with Gasteiger partial charge in [-0.05, 0) is 30.9 Å². The first kappa shape index (κ1) is 13.6. The van der Waals surface area contributed by atoms with Gasteiger partial charge in [0.05, 0.1) is 6.07 Å². The van der Waals surface area contributed by atoms with Crippen molar-refractivity contribution in [1.82, 2.24) is 0 Å². The van der Waals surface area contributed by atoms with E-state index in [9.17, 15) is 10.1 Å². The lowest BCUT2D eigenvalue weighted by atomic mass is 9.80. The molecule has 1 amide bonds. The summed E-state index contributed by atoms with van der Waals surface area (Å²) in [7, 11) is 0. The zero-order chi connectivity index (χ0) is 13.7. The molecule has 1 saturated heterocycles. The van der Waals surface area contributed by atoms with Gasteiger partial charge in [0.15, 0.2) is 0 Å². The van der Waals surface area contributed by atoms with Gasteiger partial charge in [-0.2, -0.15) is 5.26 Å². The number of hydrogen-bond donors (Lipinski definition) is 1. The van der Waals surface area contributed by atoms with Crippen LogP contribution in [0.5, 0.6) is 0 Å². The van der Waals surface area contributed by atoms with Gasteiger partial charge in [0.2, 0.25) is 5.91 Å². The quantitative estimate of drug-likeness (QED) is 0.906.